The van der Waals surface area contributed by atoms with Crippen molar-refractivity contribution in [3.8, 4) is 11.5 Å². The Morgan fingerprint density at radius 3 is 2.39 bits per heavy atom. The number of ether oxygens (including phenoxy) is 2. The zero-order chi connectivity index (χ0) is 27.0. The summed E-state index contributed by atoms with van der Waals surface area (Å²) in [6, 6.07) is 15.4. The van der Waals surface area contributed by atoms with Crippen LogP contribution in [0.2, 0.25) is 5.02 Å². The van der Waals surface area contributed by atoms with Gasteiger partial charge < -0.3 is 14.8 Å². The van der Waals surface area contributed by atoms with Crippen molar-refractivity contribution in [3.63, 3.8) is 0 Å². The van der Waals surface area contributed by atoms with Gasteiger partial charge in [0.05, 0.1) is 17.0 Å². The van der Waals surface area contributed by atoms with Crippen molar-refractivity contribution in [3.05, 3.63) is 77.3 Å². The topological polar surface area (TPSA) is 122 Å². The van der Waals surface area contributed by atoms with E-state index in [0.717, 1.165) is 9.21 Å². The maximum atomic E-state index is 13.9. The minimum absolute atomic E-state index is 0.0487. The van der Waals surface area contributed by atoms with Crippen molar-refractivity contribution in [1.82, 2.24) is 4.31 Å². The smallest absolute Gasteiger partial charge is 0.252 e. The highest BCUT2D eigenvalue weighted by Gasteiger charge is 2.47. The first-order chi connectivity index (χ1) is 18.1. The number of anilines is 2. The summed E-state index contributed by atoms with van der Waals surface area (Å²) in [5.74, 6) is -0.526. The summed E-state index contributed by atoms with van der Waals surface area (Å²) in [6.07, 6.45) is -0.338. The van der Waals surface area contributed by atoms with Gasteiger partial charge in [0.1, 0.15) is 6.04 Å². The molecule has 0 aliphatic carbocycles. The molecule has 5 rings (SSSR count). The lowest BCUT2D eigenvalue weighted by atomic mass is 10.1. The van der Waals surface area contributed by atoms with Gasteiger partial charge in [-0.3, -0.25) is 14.4 Å². The molecule has 1 fully saturated rings. The molecule has 3 aromatic carbocycles. The number of imide groups is 1. The van der Waals surface area contributed by atoms with Crippen molar-refractivity contribution in [2.45, 2.75) is 30.8 Å². The second-order valence-electron chi connectivity index (χ2n) is 8.71. The summed E-state index contributed by atoms with van der Waals surface area (Å²) in [4.78, 5) is 38.8. The summed E-state index contributed by atoms with van der Waals surface area (Å²) in [7, 11) is -4.28. The molecule has 12 heteroatoms. The van der Waals surface area contributed by atoms with Crippen LogP contribution >= 0.6 is 11.6 Å². The van der Waals surface area contributed by atoms with Gasteiger partial charge in [-0.2, -0.15) is 4.31 Å². The van der Waals surface area contributed by atoms with Crippen LogP contribution in [0, 0.1) is 0 Å². The SMILES string of the molecule is CC(=O)Nc1ccc(S(=O)(=O)N(Cc2ccc3c(c2)OCO3)C2CC(=O)N(c3ccc(Cl)cc3)C2=O)cc1. The molecule has 10 nitrogen and oxygen atoms in total. The fourth-order valence-corrected chi connectivity index (χ4v) is 6.03. The Balaban J connectivity index is 1.52. The van der Waals surface area contributed by atoms with Gasteiger partial charge in [0, 0.05) is 24.2 Å². The Morgan fingerprint density at radius 2 is 1.71 bits per heavy atom. The zero-order valence-corrected chi connectivity index (χ0v) is 21.7. The molecule has 2 heterocycles. The summed E-state index contributed by atoms with van der Waals surface area (Å²) in [6.45, 7) is 1.19. The first-order valence-electron chi connectivity index (χ1n) is 11.5. The van der Waals surface area contributed by atoms with Gasteiger partial charge >= 0.3 is 0 Å². The number of hydrogen-bond donors (Lipinski definition) is 1. The Morgan fingerprint density at radius 1 is 1.03 bits per heavy atom. The molecule has 2 aliphatic heterocycles. The predicted molar refractivity (Wildman–Crippen MR) is 138 cm³/mol. The fourth-order valence-electron chi connectivity index (χ4n) is 4.33. The van der Waals surface area contributed by atoms with Crippen LogP contribution in [0.5, 0.6) is 11.5 Å². The molecule has 38 heavy (non-hydrogen) atoms. The third kappa shape index (κ3) is 4.95. The second-order valence-corrected chi connectivity index (χ2v) is 11.0. The average Bonchev–Trinajstić information content (AvgIpc) is 3.46. The number of nitrogens with zero attached hydrogens (tertiary/aromatic N) is 2. The van der Waals surface area contributed by atoms with Crippen LogP contribution in [0.4, 0.5) is 11.4 Å². The van der Waals surface area contributed by atoms with Crippen molar-refractivity contribution >= 4 is 50.7 Å². The molecule has 1 saturated heterocycles. The summed E-state index contributed by atoms with van der Waals surface area (Å²) in [5, 5.41) is 3.01. The first-order valence-corrected chi connectivity index (χ1v) is 13.4. The van der Waals surface area contributed by atoms with Gasteiger partial charge in [-0.1, -0.05) is 17.7 Å². The van der Waals surface area contributed by atoms with E-state index in [-0.39, 0.29) is 30.6 Å². The lowest BCUT2D eigenvalue weighted by molar-refractivity contribution is -0.122. The highest BCUT2D eigenvalue weighted by atomic mass is 35.5. The lowest BCUT2D eigenvalue weighted by Gasteiger charge is -2.27. The number of carbonyl (C=O) groups excluding carboxylic acids is 3. The molecule has 0 radical (unpaired) electrons. The Bertz CT molecular complexity index is 1530. The van der Waals surface area contributed by atoms with E-state index in [1.54, 1.807) is 30.3 Å². The Labute approximate surface area is 223 Å². The molecule has 0 aromatic heterocycles. The number of sulfonamides is 1. The monoisotopic (exact) mass is 555 g/mol. The minimum atomic E-state index is -4.28. The molecular formula is C26H22ClN3O7S. The average molecular weight is 556 g/mol. The van der Waals surface area contributed by atoms with Crippen LogP contribution in [-0.4, -0.2) is 43.3 Å². The molecule has 2 aliphatic rings. The highest BCUT2D eigenvalue weighted by Crippen LogP contribution is 2.35. The predicted octanol–water partition coefficient (Wildman–Crippen LogP) is 3.55. The standard InChI is InChI=1S/C26H22ClN3O7S/c1-16(31)28-19-5-9-21(10-6-19)38(34,35)29(14-17-2-11-23-24(12-17)37-15-36-23)22-13-25(32)30(26(22)33)20-7-3-18(27)4-8-20/h2-12,22H,13-15H2,1H3,(H,28,31). The number of carbonyl (C=O) groups is 3. The van der Waals surface area contributed by atoms with Crippen LogP contribution in [0.15, 0.2) is 71.6 Å². The minimum Gasteiger partial charge on any atom is -0.454 e. The molecule has 3 aromatic rings. The van der Waals surface area contributed by atoms with Crippen LogP contribution in [-0.2, 0) is 31.0 Å². The second kappa shape index (κ2) is 10.1. The molecule has 1 N–H and O–H groups in total. The number of amides is 3. The third-order valence-electron chi connectivity index (χ3n) is 6.11. The van der Waals surface area contributed by atoms with E-state index in [0.29, 0.717) is 33.5 Å². The van der Waals surface area contributed by atoms with Gasteiger partial charge in [-0.15, -0.1) is 0 Å². The molecule has 0 saturated carbocycles. The summed E-state index contributed by atoms with van der Waals surface area (Å²) >= 11 is 5.95. The van der Waals surface area contributed by atoms with Crippen molar-refractivity contribution in [2.75, 3.05) is 17.0 Å². The van der Waals surface area contributed by atoms with Gasteiger partial charge in [0.2, 0.25) is 28.6 Å². The molecule has 0 bridgehead atoms. The van der Waals surface area contributed by atoms with E-state index in [1.807, 2.05) is 0 Å². The van der Waals surface area contributed by atoms with Gasteiger partial charge in [-0.25, -0.2) is 13.3 Å². The fraction of sp³-hybridized carbons (Fsp3) is 0.192. The molecule has 3 amide bonds. The maximum absolute atomic E-state index is 13.9. The van der Waals surface area contributed by atoms with Crippen LogP contribution in [0.3, 0.4) is 0 Å². The number of nitrogens with one attached hydrogen (secondary N) is 1. The van der Waals surface area contributed by atoms with Crippen molar-refractivity contribution in [1.29, 1.82) is 0 Å². The number of hydrogen-bond acceptors (Lipinski definition) is 7. The highest BCUT2D eigenvalue weighted by molar-refractivity contribution is 7.89. The van der Waals surface area contributed by atoms with E-state index in [9.17, 15) is 22.8 Å². The van der Waals surface area contributed by atoms with E-state index < -0.39 is 27.9 Å². The van der Waals surface area contributed by atoms with E-state index in [1.165, 1.54) is 43.3 Å². The normalized spacial score (nSPS) is 16.8. The van der Waals surface area contributed by atoms with Crippen LogP contribution in [0.1, 0.15) is 18.9 Å². The number of benzene rings is 3. The first kappa shape index (κ1) is 25.7. The molecule has 0 spiro atoms. The van der Waals surface area contributed by atoms with Gasteiger partial charge in [-0.05, 0) is 66.2 Å². The third-order valence-corrected chi connectivity index (χ3v) is 8.23. The van der Waals surface area contributed by atoms with Crippen molar-refractivity contribution in [2.24, 2.45) is 0 Å². The summed E-state index contributed by atoms with van der Waals surface area (Å²) < 4.78 is 39.6. The lowest BCUT2D eigenvalue weighted by Crippen LogP contribution is -2.45. The number of rotatable bonds is 7. The summed E-state index contributed by atoms with van der Waals surface area (Å²) in [5.41, 5.74) is 1.25. The van der Waals surface area contributed by atoms with Crippen LogP contribution in [0.25, 0.3) is 0 Å². The Kier molecular flexibility index (Phi) is 6.82. The zero-order valence-electron chi connectivity index (χ0n) is 20.1. The molecule has 1 atom stereocenters. The molecule has 196 valence electrons. The van der Waals surface area contributed by atoms with E-state index >= 15 is 0 Å². The van der Waals surface area contributed by atoms with E-state index in [2.05, 4.69) is 5.32 Å². The van der Waals surface area contributed by atoms with Crippen LogP contribution < -0.4 is 19.7 Å². The van der Waals surface area contributed by atoms with Crippen molar-refractivity contribution < 1.29 is 32.3 Å². The largest absolute Gasteiger partial charge is 0.454 e. The quantitative estimate of drug-likeness (QED) is 0.442. The maximum Gasteiger partial charge on any atom is 0.252 e. The Hall–Kier alpha value is -3.93. The number of fused-ring (bicyclic) bond motifs is 1. The van der Waals surface area contributed by atoms with Gasteiger partial charge in [0.15, 0.2) is 11.5 Å². The number of halogens is 1. The van der Waals surface area contributed by atoms with E-state index in [4.69, 9.17) is 21.1 Å². The van der Waals surface area contributed by atoms with Gasteiger partial charge in [0.25, 0.3) is 5.91 Å². The molecule has 1 unspecified atom stereocenters. The molecular weight excluding hydrogens is 534 g/mol.